The summed E-state index contributed by atoms with van der Waals surface area (Å²) in [6.07, 6.45) is 3.70. The van der Waals surface area contributed by atoms with Crippen molar-refractivity contribution in [3.8, 4) is 11.3 Å². The summed E-state index contributed by atoms with van der Waals surface area (Å²) in [6.45, 7) is 4.19. The zero-order valence-electron chi connectivity index (χ0n) is 10.9. The Bertz CT molecular complexity index is 583. The molecule has 2 aromatic rings. The number of nitrogens with two attached hydrogens (primary N) is 1. The Morgan fingerprint density at radius 1 is 1.44 bits per heavy atom. The van der Waals surface area contributed by atoms with Crippen molar-refractivity contribution < 1.29 is 4.79 Å². The van der Waals surface area contributed by atoms with Crippen LogP contribution in [0.4, 0.5) is 0 Å². The van der Waals surface area contributed by atoms with Crippen LogP contribution in [0.15, 0.2) is 12.3 Å². The summed E-state index contributed by atoms with van der Waals surface area (Å²) in [5.41, 5.74) is 8.74. The second-order valence-corrected chi connectivity index (χ2v) is 5.30. The van der Waals surface area contributed by atoms with Crippen LogP contribution in [0.3, 0.4) is 0 Å². The molecule has 18 heavy (non-hydrogen) atoms. The fourth-order valence-electron chi connectivity index (χ4n) is 2.10. The lowest BCUT2D eigenvalue weighted by molar-refractivity contribution is 0.100. The number of carbonyl (C=O) groups excluding carboxylic acids is 1. The van der Waals surface area contributed by atoms with Crippen LogP contribution in [-0.2, 0) is 19.9 Å². The van der Waals surface area contributed by atoms with E-state index in [0.717, 1.165) is 24.1 Å². The van der Waals surface area contributed by atoms with E-state index in [-0.39, 0.29) is 5.91 Å². The van der Waals surface area contributed by atoms with Gasteiger partial charge in [0, 0.05) is 17.5 Å². The van der Waals surface area contributed by atoms with Gasteiger partial charge in [0.05, 0.1) is 16.8 Å². The number of hydrogen-bond acceptors (Lipinski definition) is 3. The zero-order valence-corrected chi connectivity index (χ0v) is 11.7. The molecule has 4 nitrogen and oxygen atoms in total. The van der Waals surface area contributed by atoms with Crippen molar-refractivity contribution in [2.75, 3.05) is 0 Å². The van der Waals surface area contributed by atoms with E-state index >= 15 is 0 Å². The molecule has 2 heterocycles. The predicted molar refractivity (Wildman–Crippen MR) is 73.8 cm³/mol. The first-order valence-electron chi connectivity index (χ1n) is 6.02. The number of amides is 1. The van der Waals surface area contributed by atoms with Crippen LogP contribution in [0, 0.1) is 0 Å². The molecule has 2 aromatic heterocycles. The van der Waals surface area contributed by atoms with Crippen LogP contribution in [0.2, 0.25) is 0 Å². The van der Waals surface area contributed by atoms with E-state index in [9.17, 15) is 4.79 Å². The number of thiophene rings is 1. The SMILES string of the molecule is CCc1cnn(C)c1-c1cc(C(N)=O)sc1CC. The first-order chi connectivity index (χ1) is 8.58. The average Bonchev–Trinajstić information content (AvgIpc) is 2.91. The van der Waals surface area contributed by atoms with E-state index in [0.29, 0.717) is 4.88 Å². The van der Waals surface area contributed by atoms with Crippen molar-refractivity contribution in [3.63, 3.8) is 0 Å². The summed E-state index contributed by atoms with van der Waals surface area (Å²) in [5.74, 6) is -0.360. The van der Waals surface area contributed by atoms with Crippen molar-refractivity contribution in [2.24, 2.45) is 12.8 Å². The number of aryl methyl sites for hydroxylation is 3. The predicted octanol–water partition coefficient (Wildman–Crippen LogP) is 2.37. The lowest BCUT2D eigenvalue weighted by Gasteiger charge is -2.05. The normalized spacial score (nSPS) is 10.8. The molecule has 0 saturated carbocycles. The minimum atomic E-state index is -0.360. The highest BCUT2D eigenvalue weighted by atomic mass is 32.1. The molecule has 0 spiro atoms. The highest BCUT2D eigenvalue weighted by molar-refractivity contribution is 7.14. The molecule has 0 aliphatic heterocycles. The van der Waals surface area contributed by atoms with Gasteiger partial charge < -0.3 is 5.73 Å². The monoisotopic (exact) mass is 263 g/mol. The Balaban J connectivity index is 2.62. The zero-order chi connectivity index (χ0) is 13.3. The van der Waals surface area contributed by atoms with Gasteiger partial charge in [-0.15, -0.1) is 11.3 Å². The average molecular weight is 263 g/mol. The maximum Gasteiger partial charge on any atom is 0.258 e. The van der Waals surface area contributed by atoms with Gasteiger partial charge in [-0.05, 0) is 24.5 Å². The van der Waals surface area contributed by atoms with Gasteiger partial charge in [-0.2, -0.15) is 5.10 Å². The lowest BCUT2D eigenvalue weighted by atomic mass is 10.1. The van der Waals surface area contributed by atoms with Crippen LogP contribution in [0.1, 0.15) is 34.0 Å². The number of nitrogens with zero attached hydrogens (tertiary/aromatic N) is 2. The third kappa shape index (κ3) is 2.06. The minimum Gasteiger partial charge on any atom is -0.365 e. The van der Waals surface area contributed by atoms with Gasteiger partial charge in [0.25, 0.3) is 5.91 Å². The molecule has 0 fully saturated rings. The molecule has 2 rings (SSSR count). The standard InChI is InChI=1S/C13H17N3OS/c1-4-8-7-15-16(3)12(8)9-6-11(13(14)17)18-10(9)5-2/h6-7H,4-5H2,1-3H3,(H2,14,17). The summed E-state index contributed by atoms with van der Waals surface area (Å²) >= 11 is 1.48. The van der Waals surface area contributed by atoms with Gasteiger partial charge in [-0.3, -0.25) is 9.48 Å². The molecule has 0 radical (unpaired) electrons. The van der Waals surface area contributed by atoms with Crippen molar-refractivity contribution in [1.29, 1.82) is 0 Å². The Hall–Kier alpha value is -1.62. The Labute approximate surface area is 110 Å². The van der Waals surface area contributed by atoms with Gasteiger partial charge in [0.15, 0.2) is 0 Å². The summed E-state index contributed by atoms with van der Waals surface area (Å²) in [4.78, 5) is 13.1. The van der Waals surface area contributed by atoms with Crippen molar-refractivity contribution in [1.82, 2.24) is 9.78 Å². The first kappa shape index (κ1) is 12.8. The Morgan fingerprint density at radius 2 is 2.17 bits per heavy atom. The first-order valence-corrected chi connectivity index (χ1v) is 6.83. The number of carbonyl (C=O) groups is 1. The van der Waals surface area contributed by atoms with Gasteiger partial charge >= 0.3 is 0 Å². The third-order valence-corrected chi connectivity index (χ3v) is 4.32. The number of aromatic nitrogens is 2. The maximum absolute atomic E-state index is 11.3. The van der Waals surface area contributed by atoms with Gasteiger partial charge in [-0.25, -0.2) is 0 Å². The van der Waals surface area contributed by atoms with Gasteiger partial charge in [0.1, 0.15) is 0 Å². The van der Waals surface area contributed by atoms with Crippen LogP contribution >= 0.6 is 11.3 Å². The molecule has 0 aliphatic carbocycles. The molecular formula is C13H17N3OS. The van der Waals surface area contributed by atoms with E-state index in [2.05, 4.69) is 18.9 Å². The lowest BCUT2D eigenvalue weighted by Crippen LogP contribution is -2.08. The summed E-state index contributed by atoms with van der Waals surface area (Å²) in [7, 11) is 1.93. The Kier molecular flexibility index (Phi) is 3.52. The number of hydrogen-bond donors (Lipinski definition) is 1. The minimum absolute atomic E-state index is 0.360. The number of rotatable bonds is 4. The molecule has 0 aromatic carbocycles. The van der Waals surface area contributed by atoms with Crippen molar-refractivity contribution >= 4 is 17.2 Å². The van der Waals surface area contributed by atoms with E-state index in [1.165, 1.54) is 21.8 Å². The summed E-state index contributed by atoms with van der Waals surface area (Å²) in [6, 6.07) is 1.89. The van der Waals surface area contributed by atoms with Crippen LogP contribution in [-0.4, -0.2) is 15.7 Å². The van der Waals surface area contributed by atoms with Gasteiger partial charge in [0.2, 0.25) is 0 Å². The molecule has 0 bridgehead atoms. The topological polar surface area (TPSA) is 60.9 Å². The quantitative estimate of drug-likeness (QED) is 0.920. The molecule has 2 N–H and O–H groups in total. The summed E-state index contributed by atoms with van der Waals surface area (Å²) < 4.78 is 1.87. The summed E-state index contributed by atoms with van der Waals surface area (Å²) in [5, 5.41) is 4.30. The highest BCUT2D eigenvalue weighted by Gasteiger charge is 2.17. The van der Waals surface area contributed by atoms with Crippen molar-refractivity contribution in [2.45, 2.75) is 26.7 Å². The molecule has 96 valence electrons. The van der Waals surface area contributed by atoms with Crippen LogP contribution < -0.4 is 5.73 Å². The highest BCUT2D eigenvalue weighted by Crippen LogP contribution is 2.33. The van der Waals surface area contributed by atoms with Gasteiger partial charge in [-0.1, -0.05) is 13.8 Å². The molecule has 0 atom stereocenters. The van der Waals surface area contributed by atoms with E-state index in [1.54, 1.807) is 0 Å². The fraction of sp³-hybridized carbons (Fsp3) is 0.385. The molecular weight excluding hydrogens is 246 g/mol. The van der Waals surface area contributed by atoms with E-state index < -0.39 is 0 Å². The largest absolute Gasteiger partial charge is 0.365 e. The Morgan fingerprint density at radius 3 is 2.72 bits per heavy atom. The number of primary amides is 1. The molecule has 1 amide bonds. The van der Waals surface area contributed by atoms with Crippen LogP contribution in [0.25, 0.3) is 11.3 Å². The fourth-order valence-corrected chi connectivity index (χ4v) is 3.05. The molecule has 0 saturated heterocycles. The van der Waals surface area contributed by atoms with E-state index in [4.69, 9.17) is 5.73 Å². The van der Waals surface area contributed by atoms with Crippen LogP contribution in [0.5, 0.6) is 0 Å². The molecule has 0 aliphatic rings. The van der Waals surface area contributed by atoms with Crippen molar-refractivity contribution in [3.05, 3.63) is 27.6 Å². The second kappa shape index (κ2) is 4.94. The van der Waals surface area contributed by atoms with E-state index in [1.807, 2.05) is 24.0 Å². The molecule has 0 unspecified atom stereocenters. The third-order valence-electron chi connectivity index (χ3n) is 3.02. The molecule has 5 heteroatoms. The smallest absolute Gasteiger partial charge is 0.258 e. The maximum atomic E-state index is 11.3. The second-order valence-electron chi connectivity index (χ2n) is 4.16.